The second kappa shape index (κ2) is 10.2. The van der Waals surface area contributed by atoms with Crippen molar-refractivity contribution in [3.8, 4) is 0 Å². The zero-order valence-electron chi connectivity index (χ0n) is 18.3. The topological polar surface area (TPSA) is 70.2 Å². The number of aromatic nitrogens is 2. The minimum atomic E-state index is -0.0525. The van der Waals surface area contributed by atoms with Crippen LogP contribution in [0.4, 0.5) is 11.5 Å². The Morgan fingerprint density at radius 2 is 1.70 bits per heavy atom. The maximum atomic E-state index is 12.4. The van der Waals surface area contributed by atoms with E-state index in [0.717, 1.165) is 47.9 Å². The molecule has 1 heterocycles. The van der Waals surface area contributed by atoms with Crippen LogP contribution in [0, 0.1) is 0 Å². The molecule has 0 unspecified atom stereocenters. The number of nitrogens with one attached hydrogen (secondary N) is 2. The Bertz CT molecular complexity index is 981. The van der Waals surface area contributed by atoms with Crippen LogP contribution in [0.15, 0.2) is 48.5 Å². The molecular weight excluding hydrogens is 374 g/mol. The lowest BCUT2D eigenvalue weighted by Crippen LogP contribution is -2.34. The van der Waals surface area contributed by atoms with Gasteiger partial charge in [0.05, 0.1) is 5.52 Å². The molecule has 2 N–H and O–H groups in total. The van der Waals surface area contributed by atoms with Crippen LogP contribution in [-0.4, -0.2) is 47.0 Å². The maximum Gasteiger partial charge on any atom is 0.251 e. The molecule has 6 nitrogen and oxygen atoms in total. The Balaban J connectivity index is 1.71. The average molecular weight is 406 g/mol. The first kappa shape index (κ1) is 21.7. The molecule has 2 aromatic carbocycles. The predicted octanol–water partition coefficient (Wildman–Crippen LogP) is 4.57. The number of likely N-dealkylation sites (N-methyl/N-ethyl adjacent to an activating group) is 1. The molecule has 0 spiro atoms. The summed E-state index contributed by atoms with van der Waals surface area (Å²) in [7, 11) is 0. The molecule has 0 aliphatic carbocycles. The van der Waals surface area contributed by atoms with Crippen molar-refractivity contribution in [2.75, 3.05) is 31.5 Å². The van der Waals surface area contributed by atoms with Crippen LogP contribution in [0.1, 0.15) is 49.8 Å². The molecule has 0 atom stereocenters. The number of nitrogens with zero attached hydrogens (tertiary/aromatic N) is 3. The molecule has 0 aliphatic heterocycles. The van der Waals surface area contributed by atoms with E-state index in [1.54, 1.807) is 0 Å². The summed E-state index contributed by atoms with van der Waals surface area (Å²) < 4.78 is 0. The Hall–Kier alpha value is -2.99. The first-order valence-electron chi connectivity index (χ1n) is 10.7. The smallest absolute Gasteiger partial charge is 0.251 e. The van der Waals surface area contributed by atoms with E-state index in [4.69, 9.17) is 4.98 Å². The molecule has 3 aromatic rings. The summed E-state index contributed by atoms with van der Waals surface area (Å²) in [6.07, 6.45) is 0. The van der Waals surface area contributed by atoms with Crippen LogP contribution in [-0.2, 0) is 0 Å². The van der Waals surface area contributed by atoms with Crippen LogP contribution in [0.5, 0.6) is 0 Å². The molecule has 0 aliphatic rings. The molecule has 0 fully saturated rings. The molecule has 30 heavy (non-hydrogen) atoms. The zero-order chi connectivity index (χ0) is 21.5. The third-order valence-electron chi connectivity index (χ3n) is 5.15. The van der Waals surface area contributed by atoms with Crippen molar-refractivity contribution in [3.05, 3.63) is 59.9 Å². The maximum absolute atomic E-state index is 12.4. The van der Waals surface area contributed by atoms with E-state index in [1.807, 2.05) is 48.5 Å². The lowest BCUT2D eigenvalue weighted by molar-refractivity contribution is 0.0949. The molecule has 0 radical (unpaired) electrons. The van der Waals surface area contributed by atoms with Gasteiger partial charge in [0, 0.05) is 35.6 Å². The third kappa shape index (κ3) is 5.33. The summed E-state index contributed by atoms with van der Waals surface area (Å²) in [6, 6.07) is 15.5. The van der Waals surface area contributed by atoms with Crippen LogP contribution in [0.2, 0.25) is 0 Å². The summed E-state index contributed by atoms with van der Waals surface area (Å²) in [4.78, 5) is 24.1. The van der Waals surface area contributed by atoms with Crippen LogP contribution < -0.4 is 10.6 Å². The number of carbonyl (C=O) groups excluding carboxylic acids is 1. The number of hydrogen-bond acceptors (Lipinski definition) is 5. The number of carbonyl (C=O) groups is 1. The van der Waals surface area contributed by atoms with E-state index >= 15 is 0 Å². The van der Waals surface area contributed by atoms with Crippen LogP contribution >= 0.6 is 0 Å². The second-order valence-electron chi connectivity index (χ2n) is 7.59. The van der Waals surface area contributed by atoms with Gasteiger partial charge < -0.3 is 15.5 Å². The highest BCUT2D eigenvalue weighted by molar-refractivity contribution is 5.95. The molecular formula is C24H31N5O. The molecule has 3 rings (SSSR count). The number of hydrogen-bond donors (Lipinski definition) is 2. The van der Waals surface area contributed by atoms with Crippen molar-refractivity contribution in [1.82, 2.24) is 20.2 Å². The van der Waals surface area contributed by atoms with E-state index in [9.17, 15) is 4.79 Å². The largest absolute Gasteiger partial charge is 0.351 e. The van der Waals surface area contributed by atoms with Gasteiger partial charge in [-0.25, -0.2) is 9.97 Å². The summed E-state index contributed by atoms with van der Waals surface area (Å²) in [5.41, 5.74) is 2.45. The quantitative estimate of drug-likeness (QED) is 0.546. The fourth-order valence-electron chi connectivity index (χ4n) is 3.26. The van der Waals surface area contributed by atoms with Gasteiger partial charge in [0.1, 0.15) is 11.6 Å². The SMILES string of the molecule is CCN(CC)CCNC(=O)c1ccc(Nc2nc(C(C)C)nc3ccccc23)cc1. The monoisotopic (exact) mass is 405 g/mol. The van der Waals surface area contributed by atoms with Gasteiger partial charge >= 0.3 is 0 Å². The molecule has 158 valence electrons. The molecule has 0 saturated carbocycles. The normalized spacial score (nSPS) is 11.3. The van der Waals surface area contributed by atoms with Crippen molar-refractivity contribution >= 4 is 28.3 Å². The highest BCUT2D eigenvalue weighted by atomic mass is 16.1. The Morgan fingerprint density at radius 3 is 2.37 bits per heavy atom. The third-order valence-corrected chi connectivity index (χ3v) is 5.15. The van der Waals surface area contributed by atoms with Gasteiger partial charge in [-0.15, -0.1) is 0 Å². The van der Waals surface area contributed by atoms with Gasteiger partial charge in [0.25, 0.3) is 5.91 Å². The minimum absolute atomic E-state index is 0.0525. The lowest BCUT2D eigenvalue weighted by Gasteiger charge is -2.18. The van der Waals surface area contributed by atoms with Crippen molar-refractivity contribution < 1.29 is 4.79 Å². The molecule has 0 bridgehead atoms. The summed E-state index contributed by atoms with van der Waals surface area (Å²) in [5, 5.41) is 7.35. The van der Waals surface area contributed by atoms with Crippen LogP contribution in [0.25, 0.3) is 10.9 Å². The fraction of sp³-hybridized carbons (Fsp3) is 0.375. The molecule has 1 aromatic heterocycles. The fourth-order valence-corrected chi connectivity index (χ4v) is 3.26. The Morgan fingerprint density at radius 1 is 1.00 bits per heavy atom. The first-order chi connectivity index (χ1) is 14.5. The highest BCUT2D eigenvalue weighted by Crippen LogP contribution is 2.26. The number of para-hydroxylation sites is 1. The Labute approximate surface area is 178 Å². The first-order valence-corrected chi connectivity index (χ1v) is 10.7. The van der Waals surface area contributed by atoms with E-state index in [-0.39, 0.29) is 11.8 Å². The summed E-state index contributed by atoms with van der Waals surface area (Å²) in [5.74, 6) is 1.77. The van der Waals surface area contributed by atoms with E-state index in [1.165, 1.54) is 0 Å². The highest BCUT2D eigenvalue weighted by Gasteiger charge is 2.11. The minimum Gasteiger partial charge on any atom is -0.351 e. The Kier molecular flexibility index (Phi) is 7.36. The average Bonchev–Trinajstić information content (AvgIpc) is 2.77. The van der Waals surface area contributed by atoms with Gasteiger partial charge in [-0.3, -0.25) is 4.79 Å². The van der Waals surface area contributed by atoms with Crippen molar-refractivity contribution in [2.24, 2.45) is 0 Å². The van der Waals surface area contributed by atoms with Gasteiger partial charge in [-0.05, 0) is 49.5 Å². The van der Waals surface area contributed by atoms with Gasteiger partial charge in [-0.1, -0.05) is 39.8 Å². The summed E-state index contributed by atoms with van der Waals surface area (Å²) >= 11 is 0. The van der Waals surface area contributed by atoms with E-state index in [2.05, 4.69) is 48.2 Å². The number of benzene rings is 2. The van der Waals surface area contributed by atoms with Gasteiger partial charge in [-0.2, -0.15) is 0 Å². The summed E-state index contributed by atoms with van der Waals surface area (Å²) in [6.45, 7) is 11.9. The number of rotatable bonds is 9. The number of fused-ring (bicyclic) bond motifs is 1. The second-order valence-corrected chi connectivity index (χ2v) is 7.59. The van der Waals surface area contributed by atoms with Gasteiger partial charge in [0.2, 0.25) is 0 Å². The zero-order valence-corrected chi connectivity index (χ0v) is 18.3. The van der Waals surface area contributed by atoms with Crippen molar-refractivity contribution in [3.63, 3.8) is 0 Å². The number of amides is 1. The standard InChI is InChI=1S/C24H31N5O/c1-5-29(6-2)16-15-25-24(30)18-11-13-19(14-12-18)26-23-20-9-7-8-10-21(20)27-22(28-23)17(3)4/h7-14,17H,5-6,15-16H2,1-4H3,(H,25,30)(H,26,27,28). The van der Waals surface area contributed by atoms with Gasteiger partial charge in [0.15, 0.2) is 0 Å². The van der Waals surface area contributed by atoms with E-state index < -0.39 is 0 Å². The van der Waals surface area contributed by atoms with Crippen LogP contribution in [0.3, 0.4) is 0 Å². The molecule has 0 saturated heterocycles. The van der Waals surface area contributed by atoms with Crippen molar-refractivity contribution in [2.45, 2.75) is 33.6 Å². The number of anilines is 2. The molecule has 6 heteroatoms. The lowest BCUT2D eigenvalue weighted by atomic mass is 10.1. The van der Waals surface area contributed by atoms with E-state index in [0.29, 0.717) is 12.1 Å². The van der Waals surface area contributed by atoms with Crippen molar-refractivity contribution in [1.29, 1.82) is 0 Å². The molecule has 1 amide bonds. The predicted molar refractivity (Wildman–Crippen MR) is 123 cm³/mol.